The van der Waals surface area contributed by atoms with Crippen LogP contribution >= 0.6 is 11.6 Å². The Morgan fingerprint density at radius 3 is 2.54 bits per heavy atom. The molecule has 0 amide bonds. The molecule has 4 nitrogen and oxygen atoms in total. The number of nitrogens with two attached hydrogens (primary N) is 1. The minimum absolute atomic E-state index is 0.493. The number of nitrogens with zero attached hydrogens (tertiary/aromatic N) is 2. The van der Waals surface area contributed by atoms with Crippen LogP contribution in [0, 0.1) is 0 Å². The first-order valence-electron chi connectivity index (χ1n) is 7.84. The van der Waals surface area contributed by atoms with Gasteiger partial charge in [-0.25, -0.2) is 4.98 Å². The van der Waals surface area contributed by atoms with Crippen molar-refractivity contribution >= 4 is 23.4 Å². The smallest absolute Gasteiger partial charge is 0.224 e. The Hall–Kier alpha value is -2.59. The van der Waals surface area contributed by atoms with Gasteiger partial charge in [0.1, 0.15) is 5.82 Å². The number of benzene rings is 2. The van der Waals surface area contributed by atoms with Gasteiger partial charge in [-0.2, -0.15) is 4.98 Å². The van der Waals surface area contributed by atoms with E-state index in [0.717, 1.165) is 24.1 Å². The number of nitrogen functional groups attached to an aromatic ring is 1. The topological polar surface area (TPSA) is 63.8 Å². The van der Waals surface area contributed by atoms with Crippen molar-refractivity contribution in [2.45, 2.75) is 12.8 Å². The van der Waals surface area contributed by atoms with Crippen molar-refractivity contribution < 1.29 is 0 Å². The highest BCUT2D eigenvalue weighted by Gasteiger charge is 2.06. The average Bonchev–Trinajstić information content (AvgIpc) is 2.58. The maximum atomic E-state index is 6.07. The van der Waals surface area contributed by atoms with Crippen LogP contribution in [0.1, 0.15) is 16.7 Å². The van der Waals surface area contributed by atoms with Gasteiger partial charge in [0.2, 0.25) is 5.95 Å². The molecule has 3 aromatic rings. The summed E-state index contributed by atoms with van der Waals surface area (Å²) in [5.74, 6) is 1.05. The Bertz CT molecular complexity index is 805. The number of rotatable bonds is 6. The molecule has 5 heteroatoms. The van der Waals surface area contributed by atoms with E-state index >= 15 is 0 Å². The van der Waals surface area contributed by atoms with E-state index in [1.54, 1.807) is 6.20 Å². The molecule has 0 aliphatic carbocycles. The van der Waals surface area contributed by atoms with Crippen LogP contribution in [0.25, 0.3) is 0 Å². The summed E-state index contributed by atoms with van der Waals surface area (Å²) in [5.41, 5.74) is 9.32. The van der Waals surface area contributed by atoms with Crippen LogP contribution in [0.5, 0.6) is 0 Å². The van der Waals surface area contributed by atoms with Gasteiger partial charge < -0.3 is 11.1 Å². The standard InChI is InChI=1S/C19H19ClN4/c20-17-8-4-7-15(12-17)11-16-13-23-19(24-18(16)21)22-10-9-14-5-2-1-3-6-14/h1-8,12-13H,9-11H2,(H3,21,22,23,24). The normalized spacial score (nSPS) is 10.5. The summed E-state index contributed by atoms with van der Waals surface area (Å²) in [6.45, 7) is 0.761. The van der Waals surface area contributed by atoms with Crippen molar-refractivity contribution in [3.8, 4) is 0 Å². The highest BCUT2D eigenvalue weighted by atomic mass is 35.5. The first-order valence-corrected chi connectivity index (χ1v) is 8.22. The Kier molecular flexibility index (Phi) is 5.29. The summed E-state index contributed by atoms with van der Waals surface area (Å²) in [6, 6.07) is 18.0. The summed E-state index contributed by atoms with van der Waals surface area (Å²) < 4.78 is 0. The van der Waals surface area contributed by atoms with Crippen LogP contribution in [0.2, 0.25) is 5.02 Å². The third-order valence-corrected chi connectivity index (χ3v) is 3.96. The SMILES string of the molecule is Nc1nc(NCCc2ccccc2)ncc1Cc1cccc(Cl)c1. The van der Waals surface area contributed by atoms with Gasteiger partial charge in [-0.3, -0.25) is 0 Å². The maximum Gasteiger partial charge on any atom is 0.224 e. The third-order valence-electron chi connectivity index (χ3n) is 3.72. The van der Waals surface area contributed by atoms with Gasteiger partial charge in [-0.1, -0.05) is 54.1 Å². The zero-order valence-electron chi connectivity index (χ0n) is 13.2. The largest absolute Gasteiger partial charge is 0.383 e. The molecule has 2 aromatic carbocycles. The molecular formula is C19H19ClN4. The number of hydrogen-bond acceptors (Lipinski definition) is 4. The monoisotopic (exact) mass is 338 g/mol. The van der Waals surface area contributed by atoms with Crippen molar-refractivity contribution in [2.75, 3.05) is 17.6 Å². The van der Waals surface area contributed by atoms with Crippen LogP contribution in [0.4, 0.5) is 11.8 Å². The second-order valence-electron chi connectivity index (χ2n) is 5.57. The Morgan fingerprint density at radius 2 is 1.79 bits per heavy atom. The lowest BCUT2D eigenvalue weighted by molar-refractivity contribution is 0.977. The van der Waals surface area contributed by atoms with Crippen molar-refractivity contribution in [1.82, 2.24) is 9.97 Å². The number of halogens is 1. The van der Waals surface area contributed by atoms with Crippen LogP contribution in [-0.4, -0.2) is 16.5 Å². The average molecular weight is 339 g/mol. The summed E-state index contributed by atoms with van der Waals surface area (Å²) in [6.07, 6.45) is 3.35. The van der Waals surface area contributed by atoms with E-state index < -0.39 is 0 Å². The summed E-state index contributed by atoms with van der Waals surface area (Å²) in [7, 11) is 0. The molecule has 0 aliphatic heterocycles. The molecule has 24 heavy (non-hydrogen) atoms. The van der Waals surface area contributed by atoms with Gasteiger partial charge >= 0.3 is 0 Å². The molecule has 0 saturated carbocycles. The van der Waals surface area contributed by atoms with Crippen LogP contribution in [-0.2, 0) is 12.8 Å². The predicted molar refractivity (Wildman–Crippen MR) is 99.3 cm³/mol. The molecule has 1 heterocycles. The Balaban J connectivity index is 1.60. The van der Waals surface area contributed by atoms with Gasteiger partial charge in [0.15, 0.2) is 0 Å². The third kappa shape index (κ3) is 4.46. The molecule has 0 unspecified atom stereocenters. The molecule has 0 fully saturated rings. The molecule has 0 spiro atoms. The molecule has 0 saturated heterocycles. The summed E-state index contributed by atoms with van der Waals surface area (Å²) >= 11 is 6.01. The Labute approximate surface area is 146 Å². The zero-order valence-corrected chi connectivity index (χ0v) is 14.0. The van der Waals surface area contributed by atoms with Gasteiger partial charge in [-0.15, -0.1) is 0 Å². The zero-order chi connectivity index (χ0) is 16.8. The van der Waals surface area contributed by atoms with Gasteiger partial charge in [0.25, 0.3) is 0 Å². The molecule has 3 rings (SSSR count). The second kappa shape index (κ2) is 7.79. The molecule has 1 aromatic heterocycles. The highest BCUT2D eigenvalue weighted by Crippen LogP contribution is 2.18. The van der Waals surface area contributed by atoms with Gasteiger partial charge in [0, 0.05) is 29.7 Å². The first-order chi connectivity index (χ1) is 11.7. The highest BCUT2D eigenvalue weighted by molar-refractivity contribution is 6.30. The molecule has 122 valence electrons. The summed E-state index contributed by atoms with van der Waals surface area (Å²) in [5, 5.41) is 3.92. The van der Waals surface area contributed by atoms with E-state index in [0.29, 0.717) is 23.2 Å². The fourth-order valence-electron chi connectivity index (χ4n) is 2.47. The van der Waals surface area contributed by atoms with Crippen molar-refractivity contribution in [1.29, 1.82) is 0 Å². The molecule has 0 aliphatic rings. The van der Waals surface area contributed by atoms with Crippen molar-refractivity contribution in [3.63, 3.8) is 0 Å². The number of nitrogens with one attached hydrogen (secondary N) is 1. The van der Waals surface area contributed by atoms with Crippen LogP contribution in [0.3, 0.4) is 0 Å². The van der Waals surface area contributed by atoms with E-state index in [1.807, 2.05) is 42.5 Å². The lowest BCUT2D eigenvalue weighted by Gasteiger charge is -2.09. The second-order valence-corrected chi connectivity index (χ2v) is 6.01. The molecule has 3 N–H and O–H groups in total. The number of aromatic nitrogens is 2. The van der Waals surface area contributed by atoms with Crippen molar-refractivity contribution in [3.05, 3.63) is 82.5 Å². The molecular weight excluding hydrogens is 320 g/mol. The van der Waals surface area contributed by atoms with E-state index in [-0.39, 0.29) is 0 Å². The van der Waals surface area contributed by atoms with E-state index in [9.17, 15) is 0 Å². The van der Waals surface area contributed by atoms with Crippen LogP contribution < -0.4 is 11.1 Å². The first kappa shape index (κ1) is 16.3. The number of anilines is 2. The maximum absolute atomic E-state index is 6.07. The summed E-state index contributed by atoms with van der Waals surface area (Å²) in [4.78, 5) is 8.70. The minimum Gasteiger partial charge on any atom is -0.383 e. The predicted octanol–water partition coefficient (Wildman–Crippen LogP) is 3.96. The van der Waals surface area contributed by atoms with Gasteiger partial charge in [-0.05, 0) is 29.7 Å². The molecule has 0 atom stereocenters. The fraction of sp³-hybridized carbons (Fsp3) is 0.158. The Morgan fingerprint density at radius 1 is 1.00 bits per heavy atom. The lowest BCUT2D eigenvalue weighted by atomic mass is 10.1. The van der Waals surface area contributed by atoms with E-state index in [1.165, 1.54) is 5.56 Å². The lowest BCUT2D eigenvalue weighted by Crippen LogP contribution is -2.10. The molecule has 0 bridgehead atoms. The van der Waals surface area contributed by atoms with Crippen LogP contribution in [0.15, 0.2) is 60.8 Å². The minimum atomic E-state index is 0.493. The van der Waals surface area contributed by atoms with E-state index in [4.69, 9.17) is 17.3 Å². The van der Waals surface area contributed by atoms with E-state index in [2.05, 4.69) is 27.4 Å². The van der Waals surface area contributed by atoms with Crippen molar-refractivity contribution in [2.24, 2.45) is 0 Å². The fourth-order valence-corrected chi connectivity index (χ4v) is 2.68. The number of hydrogen-bond donors (Lipinski definition) is 2. The molecule has 0 radical (unpaired) electrons. The van der Waals surface area contributed by atoms with Gasteiger partial charge in [0.05, 0.1) is 0 Å². The quantitative estimate of drug-likeness (QED) is 0.714.